The summed E-state index contributed by atoms with van der Waals surface area (Å²) in [5.41, 5.74) is 8.21. The second-order valence-electron chi connectivity index (χ2n) is 9.04. The number of sulfonamides is 1. The first kappa shape index (κ1) is 24.2. The number of hydrazine groups is 1. The van der Waals surface area contributed by atoms with Gasteiger partial charge in [0.1, 0.15) is 12.4 Å². The molecule has 0 fully saturated rings. The van der Waals surface area contributed by atoms with Crippen molar-refractivity contribution in [2.75, 3.05) is 18.1 Å². The van der Waals surface area contributed by atoms with Crippen LogP contribution in [0.15, 0.2) is 82.1 Å². The lowest BCUT2D eigenvalue weighted by Gasteiger charge is -2.31. The molecule has 0 amide bonds. The molecule has 0 bridgehead atoms. The van der Waals surface area contributed by atoms with Crippen molar-refractivity contribution in [2.24, 2.45) is 11.8 Å². The highest BCUT2D eigenvalue weighted by Crippen LogP contribution is 2.48. The lowest BCUT2D eigenvalue weighted by molar-refractivity contribution is 0.380. The van der Waals surface area contributed by atoms with Crippen LogP contribution in [-0.2, 0) is 10.0 Å². The van der Waals surface area contributed by atoms with Gasteiger partial charge < -0.3 is 5.43 Å². The molecular weight excluding hydrogens is 489 g/mol. The van der Waals surface area contributed by atoms with Crippen molar-refractivity contribution in [3.63, 3.8) is 0 Å². The van der Waals surface area contributed by atoms with Crippen molar-refractivity contribution in [3.05, 3.63) is 94.6 Å². The predicted molar refractivity (Wildman–Crippen MR) is 128 cm³/mol. The highest BCUT2D eigenvalue weighted by atomic mass is 32.2. The summed E-state index contributed by atoms with van der Waals surface area (Å²) >= 11 is 0. The lowest BCUT2D eigenvalue weighted by atomic mass is 9.80. The number of nitriles is 1. The van der Waals surface area contributed by atoms with Gasteiger partial charge in [0.15, 0.2) is 11.6 Å². The van der Waals surface area contributed by atoms with Crippen molar-refractivity contribution >= 4 is 15.7 Å². The van der Waals surface area contributed by atoms with Crippen molar-refractivity contribution < 1.29 is 21.6 Å². The Balaban J connectivity index is 1.44. The largest absolute Gasteiger partial charge is 0.301 e. The molecule has 0 radical (unpaired) electrons. The molecule has 2 aromatic carbocycles. The molecule has 0 saturated carbocycles. The van der Waals surface area contributed by atoms with Crippen LogP contribution < -0.4 is 10.4 Å². The van der Waals surface area contributed by atoms with Crippen molar-refractivity contribution in [1.29, 1.82) is 5.26 Å². The average molecular weight is 513 g/mol. The van der Waals surface area contributed by atoms with Gasteiger partial charge in [-0.1, -0.05) is 12.5 Å². The first-order valence-corrected chi connectivity index (χ1v) is 12.9. The summed E-state index contributed by atoms with van der Waals surface area (Å²) in [6, 6.07) is 10.5. The molecule has 0 unspecified atom stereocenters. The van der Waals surface area contributed by atoms with Crippen molar-refractivity contribution in [3.8, 4) is 6.07 Å². The Hall–Kier alpha value is -3.55. The highest BCUT2D eigenvalue weighted by Gasteiger charge is 2.40. The minimum absolute atomic E-state index is 0.0136. The van der Waals surface area contributed by atoms with E-state index in [1.54, 1.807) is 12.1 Å². The van der Waals surface area contributed by atoms with E-state index in [4.69, 9.17) is 0 Å². The molecule has 6 nitrogen and oxygen atoms in total. The molecule has 0 saturated heterocycles. The first-order valence-electron chi connectivity index (χ1n) is 11.5. The van der Waals surface area contributed by atoms with Gasteiger partial charge in [0.25, 0.3) is 0 Å². The summed E-state index contributed by atoms with van der Waals surface area (Å²) < 4.78 is 68.0. The summed E-state index contributed by atoms with van der Waals surface area (Å²) in [5, 5.41) is 11.2. The molecule has 2 aromatic rings. The average Bonchev–Trinajstić information content (AvgIpc) is 3.46. The standard InChI is InChI=1S/C26H23F3N4O2S/c1-16-22-14-31-33(20-6-4-19(27)5-7-20)25(22)12-17-2-3-18(26(16)17)15-32(11-10-30)36(34,35)21-8-9-23(28)24(29)13-21/h4-9,12-14,16,18,31H,2-3,11,15H2,1H3/t16-,18+/m0/s1. The molecule has 1 aliphatic heterocycles. The van der Waals surface area contributed by atoms with Crippen LogP contribution in [0.5, 0.6) is 0 Å². The van der Waals surface area contributed by atoms with Gasteiger partial charge >= 0.3 is 0 Å². The molecule has 0 aromatic heterocycles. The smallest absolute Gasteiger partial charge is 0.244 e. The van der Waals surface area contributed by atoms with Crippen LogP contribution in [0.3, 0.4) is 0 Å². The van der Waals surface area contributed by atoms with E-state index in [9.17, 15) is 26.9 Å². The fraction of sp³-hybridized carbons (Fsp3) is 0.269. The summed E-state index contributed by atoms with van der Waals surface area (Å²) in [7, 11) is -4.21. The van der Waals surface area contributed by atoms with E-state index >= 15 is 0 Å². The Labute approximate surface area is 207 Å². The number of allylic oxidation sites excluding steroid dienone is 3. The number of hydrogen-bond donors (Lipinski definition) is 1. The number of benzene rings is 2. The summed E-state index contributed by atoms with van der Waals surface area (Å²) in [6.07, 6.45) is 5.41. The third-order valence-corrected chi connectivity index (χ3v) is 8.79. The second kappa shape index (κ2) is 9.15. The molecule has 2 atom stereocenters. The minimum atomic E-state index is -4.21. The van der Waals surface area contributed by atoms with Crippen LogP contribution in [0, 0.1) is 40.6 Å². The molecule has 36 heavy (non-hydrogen) atoms. The Kier molecular flexibility index (Phi) is 6.14. The number of nitrogens with one attached hydrogen (secondary N) is 1. The zero-order valence-corrected chi connectivity index (χ0v) is 20.2. The molecule has 186 valence electrons. The summed E-state index contributed by atoms with van der Waals surface area (Å²) in [5.74, 6) is -2.87. The number of hydrogen-bond acceptors (Lipinski definition) is 5. The van der Waals surface area contributed by atoms with E-state index in [1.807, 2.05) is 17.3 Å². The van der Waals surface area contributed by atoms with Gasteiger partial charge in [-0.3, -0.25) is 5.01 Å². The quantitative estimate of drug-likeness (QED) is 0.565. The zero-order chi connectivity index (χ0) is 25.6. The van der Waals surface area contributed by atoms with E-state index < -0.39 is 28.2 Å². The zero-order valence-electron chi connectivity index (χ0n) is 19.4. The summed E-state index contributed by atoms with van der Waals surface area (Å²) in [4.78, 5) is -0.389. The van der Waals surface area contributed by atoms with Crippen LogP contribution >= 0.6 is 0 Å². The van der Waals surface area contributed by atoms with Gasteiger partial charge in [0.05, 0.1) is 22.3 Å². The van der Waals surface area contributed by atoms with Crippen LogP contribution in [0.4, 0.5) is 18.9 Å². The van der Waals surface area contributed by atoms with Crippen LogP contribution in [-0.4, -0.2) is 25.8 Å². The molecule has 1 N–H and O–H groups in total. The minimum Gasteiger partial charge on any atom is -0.301 e. The van der Waals surface area contributed by atoms with Gasteiger partial charge in [0, 0.05) is 24.2 Å². The molecule has 0 spiro atoms. The SMILES string of the molecule is C[C@H]1C2=CNN(c3ccc(F)cc3)C2=CC2=C1[C@@H](CN(CC#N)S(=O)(=O)c1ccc(F)c(F)c1)CC2. The van der Waals surface area contributed by atoms with Crippen molar-refractivity contribution in [2.45, 2.75) is 24.7 Å². The Morgan fingerprint density at radius 3 is 2.58 bits per heavy atom. The maximum Gasteiger partial charge on any atom is 0.244 e. The monoisotopic (exact) mass is 512 g/mol. The molecule has 10 heteroatoms. The molecule has 5 rings (SSSR count). The predicted octanol–water partition coefficient (Wildman–Crippen LogP) is 4.77. The van der Waals surface area contributed by atoms with Gasteiger partial charge in [-0.15, -0.1) is 0 Å². The van der Waals surface area contributed by atoms with Gasteiger partial charge in [0.2, 0.25) is 10.0 Å². The maximum absolute atomic E-state index is 13.8. The second-order valence-corrected chi connectivity index (χ2v) is 11.0. The van der Waals surface area contributed by atoms with Crippen LogP contribution in [0.2, 0.25) is 0 Å². The Bertz CT molecular complexity index is 1460. The fourth-order valence-electron chi connectivity index (χ4n) is 5.26. The van der Waals surface area contributed by atoms with E-state index in [2.05, 4.69) is 18.4 Å². The van der Waals surface area contributed by atoms with Crippen LogP contribution in [0.25, 0.3) is 0 Å². The molecule has 1 heterocycles. The number of fused-ring (bicyclic) bond motifs is 1. The molecule has 3 aliphatic rings. The highest BCUT2D eigenvalue weighted by molar-refractivity contribution is 7.89. The number of halogens is 3. The Morgan fingerprint density at radius 1 is 1.14 bits per heavy atom. The maximum atomic E-state index is 13.8. The number of nitrogens with zero attached hydrogens (tertiary/aromatic N) is 3. The van der Waals surface area contributed by atoms with E-state index in [-0.39, 0.29) is 29.1 Å². The topological polar surface area (TPSA) is 76.4 Å². The Morgan fingerprint density at radius 2 is 1.89 bits per heavy atom. The molecular formula is C26H23F3N4O2S. The van der Waals surface area contributed by atoms with Crippen LogP contribution in [0.1, 0.15) is 19.8 Å². The fourth-order valence-corrected chi connectivity index (χ4v) is 6.66. The lowest BCUT2D eigenvalue weighted by Crippen LogP contribution is -2.37. The van der Waals surface area contributed by atoms with Gasteiger partial charge in [-0.05, 0) is 72.9 Å². The number of rotatable bonds is 6. The number of anilines is 1. The third-order valence-electron chi connectivity index (χ3n) is 6.99. The third kappa shape index (κ3) is 4.08. The van der Waals surface area contributed by atoms with E-state index in [1.165, 1.54) is 12.1 Å². The van der Waals surface area contributed by atoms with Crippen molar-refractivity contribution in [1.82, 2.24) is 9.73 Å². The van der Waals surface area contributed by atoms with Gasteiger partial charge in [-0.25, -0.2) is 21.6 Å². The first-order chi connectivity index (χ1) is 17.2. The summed E-state index contributed by atoms with van der Waals surface area (Å²) in [6.45, 7) is 1.71. The van der Waals surface area contributed by atoms with E-state index in [0.717, 1.165) is 51.0 Å². The molecule has 2 aliphatic carbocycles. The normalized spacial score (nSPS) is 21.1. The van der Waals surface area contributed by atoms with Gasteiger partial charge in [-0.2, -0.15) is 9.57 Å². The van der Waals surface area contributed by atoms with E-state index in [0.29, 0.717) is 12.5 Å².